The molecular formula is C15H20FN3O3. The number of hydrogen-bond donors (Lipinski definition) is 2. The molecule has 0 aliphatic carbocycles. The SMILES string of the molecule is CNC(=O)[C@]12CCOC[C@H]1CN(c1cc(CO)c(F)cn1)C2. The van der Waals surface area contributed by atoms with Gasteiger partial charge in [0.1, 0.15) is 11.6 Å². The van der Waals surface area contributed by atoms with Gasteiger partial charge in [0.25, 0.3) is 0 Å². The smallest absolute Gasteiger partial charge is 0.228 e. The number of carbonyl (C=O) groups excluding carboxylic acids is 1. The molecule has 1 aromatic rings. The molecule has 2 aliphatic heterocycles. The monoisotopic (exact) mass is 309 g/mol. The van der Waals surface area contributed by atoms with E-state index in [4.69, 9.17) is 4.74 Å². The van der Waals surface area contributed by atoms with Crippen molar-refractivity contribution in [3.05, 3.63) is 23.6 Å². The number of fused-ring (bicyclic) bond motifs is 1. The van der Waals surface area contributed by atoms with Crippen molar-refractivity contribution in [2.45, 2.75) is 13.0 Å². The number of aliphatic hydroxyl groups is 1. The van der Waals surface area contributed by atoms with Gasteiger partial charge in [-0.15, -0.1) is 0 Å². The standard InChI is InChI=1S/C15H20FN3O3/c1-17-14(21)15-2-3-22-8-11(15)6-19(9-15)13-4-10(7-20)12(16)5-18-13/h4-5,11,20H,2-3,6-9H2,1H3,(H,17,21)/t11-,15+/m1/s1. The van der Waals surface area contributed by atoms with Crippen LogP contribution in [0.2, 0.25) is 0 Å². The summed E-state index contributed by atoms with van der Waals surface area (Å²) in [4.78, 5) is 18.5. The maximum absolute atomic E-state index is 13.5. The van der Waals surface area contributed by atoms with Crippen LogP contribution < -0.4 is 10.2 Å². The van der Waals surface area contributed by atoms with Crippen molar-refractivity contribution < 1.29 is 19.0 Å². The Kier molecular flexibility index (Phi) is 4.01. The summed E-state index contributed by atoms with van der Waals surface area (Å²) in [5.41, 5.74) is -0.271. The highest BCUT2D eigenvalue weighted by Crippen LogP contribution is 2.43. The van der Waals surface area contributed by atoms with Gasteiger partial charge in [0.2, 0.25) is 5.91 Å². The average molecular weight is 309 g/mol. The third kappa shape index (κ3) is 2.34. The summed E-state index contributed by atoms with van der Waals surface area (Å²) in [6.07, 6.45) is 1.79. The second-order valence-electron chi connectivity index (χ2n) is 5.93. The van der Waals surface area contributed by atoms with E-state index >= 15 is 0 Å². The number of rotatable bonds is 3. The first-order valence-corrected chi connectivity index (χ1v) is 7.41. The highest BCUT2D eigenvalue weighted by Gasteiger charge is 2.53. The summed E-state index contributed by atoms with van der Waals surface area (Å²) < 4.78 is 19.0. The van der Waals surface area contributed by atoms with Crippen LogP contribution in [0.5, 0.6) is 0 Å². The Hall–Kier alpha value is -1.73. The van der Waals surface area contributed by atoms with Crippen molar-refractivity contribution in [3.8, 4) is 0 Å². The largest absolute Gasteiger partial charge is 0.392 e. The van der Waals surface area contributed by atoms with Crippen LogP contribution in [0, 0.1) is 17.2 Å². The number of ether oxygens (including phenoxy) is 1. The Morgan fingerprint density at radius 1 is 1.68 bits per heavy atom. The molecule has 0 radical (unpaired) electrons. The first kappa shape index (κ1) is 15.2. The van der Waals surface area contributed by atoms with E-state index in [1.165, 1.54) is 0 Å². The Morgan fingerprint density at radius 2 is 2.50 bits per heavy atom. The van der Waals surface area contributed by atoms with Crippen LogP contribution in [0.15, 0.2) is 12.3 Å². The van der Waals surface area contributed by atoms with Crippen molar-refractivity contribution in [2.75, 3.05) is 38.3 Å². The molecular weight excluding hydrogens is 289 g/mol. The van der Waals surface area contributed by atoms with Gasteiger partial charge >= 0.3 is 0 Å². The molecule has 0 spiro atoms. The first-order valence-electron chi connectivity index (χ1n) is 7.41. The second kappa shape index (κ2) is 5.81. The molecule has 7 heteroatoms. The quantitative estimate of drug-likeness (QED) is 0.840. The van der Waals surface area contributed by atoms with Gasteiger partial charge < -0.3 is 20.1 Å². The normalized spacial score (nSPS) is 27.6. The van der Waals surface area contributed by atoms with E-state index in [9.17, 15) is 14.3 Å². The van der Waals surface area contributed by atoms with Crippen LogP contribution in [-0.4, -0.2) is 49.3 Å². The Balaban J connectivity index is 1.90. The average Bonchev–Trinajstić information content (AvgIpc) is 2.95. The zero-order chi connectivity index (χ0) is 15.7. The molecule has 22 heavy (non-hydrogen) atoms. The number of amides is 1. The van der Waals surface area contributed by atoms with Gasteiger partial charge in [-0.25, -0.2) is 9.37 Å². The van der Waals surface area contributed by atoms with Gasteiger partial charge in [-0.1, -0.05) is 0 Å². The maximum atomic E-state index is 13.5. The van der Waals surface area contributed by atoms with Gasteiger partial charge in [-0.05, 0) is 12.5 Å². The van der Waals surface area contributed by atoms with Crippen LogP contribution >= 0.6 is 0 Å². The molecule has 2 aliphatic rings. The van der Waals surface area contributed by atoms with Gasteiger partial charge in [-0.3, -0.25) is 4.79 Å². The van der Waals surface area contributed by atoms with Crippen LogP contribution in [0.3, 0.4) is 0 Å². The van der Waals surface area contributed by atoms with Crippen molar-refractivity contribution >= 4 is 11.7 Å². The lowest BCUT2D eigenvalue weighted by atomic mass is 9.73. The zero-order valence-corrected chi connectivity index (χ0v) is 12.5. The Labute approximate surface area is 128 Å². The van der Waals surface area contributed by atoms with E-state index in [0.29, 0.717) is 38.5 Å². The second-order valence-corrected chi connectivity index (χ2v) is 5.93. The number of nitrogens with one attached hydrogen (secondary N) is 1. The van der Waals surface area contributed by atoms with E-state index in [0.717, 1.165) is 6.20 Å². The van der Waals surface area contributed by atoms with Gasteiger partial charge in [0.15, 0.2) is 0 Å². The Morgan fingerprint density at radius 3 is 3.23 bits per heavy atom. The molecule has 3 rings (SSSR count). The number of aromatic nitrogens is 1. The molecule has 0 aromatic carbocycles. The predicted octanol–water partition coefficient (Wildman–Crippen LogP) is 0.302. The van der Waals surface area contributed by atoms with Gasteiger partial charge in [0.05, 0.1) is 24.8 Å². The van der Waals surface area contributed by atoms with Crippen molar-refractivity contribution in [1.82, 2.24) is 10.3 Å². The lowest BCUT2D eigenvalue weighted by Gasteiger charge is -2.36. The van der Waals surface area contributed by atoms with Crippen LogP contribution in [0.25, 0.3) is 0 Å². The topological polar surface area (TPSA) is 74.7 Å². The van der Waals surface area contributed by atoms with Gasteiger partial charge in [0, 0.05) is 38.2 Å². The van der Waals surface area contributed by atoms with E-state index in [1.807, 2.05) is 4.90 Å². The highest BCUT2D eigenvalue weighted by atomic mass is 19.1. The summed E-state index contributed by atoms with van der Waals surface area (Å²) >= 11 is 0. The maximum Gasteiger partial charge on any atom is 0.228 e. The van der Waals surface area contributed by atoms with Gasteiger partial charge in [-0.2, -0.15) is 0 Å². The summed E-state index contributed by atoms with van der Waals surface area (Å²) in [6, 6.07) is 1.55. The fourth-order valence-electron chi connectivity index (χ4n) is 3.51. The lowest BCUT2D eigenvalue weighted by Crippen LogP contribution is -2.49. The molecule has 0 saturated carbocycles. The van der Waals surface area contributed by atoms with E-state index in [1.54, 1.807) is 13.1 Å². The van der Waals surface area contributed by atoms with Crippen LogP contribution in [-0.2, 0) is 16.1 Å². The lowest BCUT2D eigenvalue weighted by molar-refractivity contribution is -0.138. The summed E-state index contributed by atoms with van der Waals surface area (Å²) in [5.74, 6) is 0.175. The van der Waals surface area contributed by atoms with E-state index in [2.05, 4.69) is 10.3 Å². The van der Waals surface area contributed by atoms with Crippen molar-refractivity contribution in [2.24, 2.45) is 11.3 Å². The fraction of sp³-hybridized carbons (Fsp3) is 0.600. The molecule has 2 fully saturated rings. The first-order chi connectivity index (χ1) is 10.6. The number of aliphatic hydroxyl groups excluding tert-OH is 1. The third-order valence-electron chi connectivity index (χ3n) is 4.80. The number of pyridine rings is 1. The minimum Gasteiger partial charge on any atom is -0.392 e. The molecule has 2 N–H and O–H groups in total. The molecule has 0 unspecified atom stereocenters. The molecule has 1 amide bonds. The summed E-state index contributed by atoms with van der Waals surface area (Å²) in [7, 11) is 1.65. The van der Waals surface area contributed by atoms with Crippen molar-refractivity contribution in [3.63, 3.8) is 0 Å². The number of halogens is 1. The molecule has 1 aromatic heterocycles. The molecule has 3 heterocycles. The highest BCUT2D eigenvalue weighted by molar-refractivity contribution is 5.84. The number of hydrogen-bond acceptors (Lipinski definition) is 5. The minimum absolute atomic E-state index is 0.0211. The number of anilines is 1. The number of nitrogens with zero attached hydrogens (tertiary/aromatic N) is 2. The van der Waals surface area contributed by atoms with Crippen molar-refractivity contribution in [1.29, 1.82) is 0 Å². The molecule has 6 nitrogen and oxygen atoms in total. The van der Waals surface area contributed by atoms with E-state index < -0.39 is 11.2 Å². The van der Waals surface area contributed by atoms with E-state index in [-0.39, 0.29) is 24.0 Å². The molecule has 2 saturated heterocycles. The molecule has 0 bridgehead atoms. The minimum atomic E-state index is -0.521. The third-order valence-corrected chi connectivity index (χ3v) is 4.80. The van der Waals surface area contributed by atoms with Crippen LogP contribution in [0.1, 0.15) is 12.0 Å². The molecule has 120 valence electrons. The fourth-order valence-corrected chi connectivity index (χ4v) is 3.51. The summed E-state index contributed by atoms with van der Waals surface area (Å²) in [5, 5.41) is 12.0. The Bertz CT molecular complexity index is 583. The van der Waals surface area contributed by atoms with Crippen LogP contribution in [0.4, 0.5) is 10.2 Å². The predicted molar refractivity (Wildman–Crippen MR) is 77.8 cm³/mol. The zero-order valence-electron chi connectivity index (χ0n) is 12.5. The molecule has 2 atom stereocenters. The number of carbonyl (C=O) groups is 1. The summed E-state index contributed by atoms with van der Waals surface area (Å²) in [6.45, 7) is 1.90.